The molecule has 2 aromatic rings. The van der Waals surface area contributed by atoms with Crippen molar-refractivity contribution < 1.29 is 27.2 Å². The van der Waals surface area contributed by atoms with Gasteiger partial charge in [-0.2, -0.15) is 4.31 Å². The van der Waals surface area contributed by atoms with E-state index in [0.29, 0.717) is 18.6 Å². The van der Waals surface area contributed by atoms with E-state index in [9.17, 15) is 18.0 Å². The van der Waals surface area contributed by atoms with Gasteiger partial charge in [-0.1, -0.05) is 0 Å². The van der Waals surface area contributed by atoms with E-state index in [1.807, 2.05) is 0 Å². The molecular weight excluding hydrogens is 384 g/mol. The van der Waals surface area contributed by atoms with Crippen molar-refractivity contribution in [1.29, 1.82) is 0 Å². The Kier molecular flexibility index (Phi) is 6.15. The third kappa shape index (κ3) is 4.26. The molecule has 0 unspecified atom stereocenters. The lowest BCUT2D eigenvalue weighted by Crippen LogP contribution is -2.45. The topological polar surface area (TPSA) is 106 Å². The van der Waals surface area contributed by atoms with E-state index in [4.69, 9.17) is 9.15 Å². The number of sulfonamides is 1. The first-order valence-corrected chi connectivity index (χ1v) is 10.5. The van der Waals surface area contributed by atoms with E-state index in [2.05, 4.69) is 5.32 Å². The second kappa shape index (κ2) is 8.57. The summed E-state index contributed by atoms with van der Waals surface area (Å²) in [5.74, 6) is -0.279. The molecule has 0 bridgehead atoms. The van der Waals surface area contributed by atoms with Gasteiger partial charge in [0.1, 0.15) is 11.8 Å². The molecule has 3 rings (SSSR count). The zero-order valence-electron chi connectivity index (χ0n) is 15.5. The molecule has 8 nitrogen and oxygen atoms in total. The van der Waals surface area contributed by atoms with Crippen LogP contribution in [-0.4, -0.2) is 43.8 Å². The Bertz CT molecular complexity index is 922. The van der Waals surface area contributed by atoms with Gasteiger partial charge >= 0.3 is 5.97 Å². The van der Waals surface area contributed by atoms with Crippen molar-refractivity contribution in [3.8, 4) is 0 Å². The summed E-state index contributed by atoms with van der Waals surface area (Å²) in [6, 6.07) is 8.21. The van der Waals surface area contributed by atoms with Crippen LogP contribution >= 0.6 is 0 Å². The molecule has 1 atom stereocenters. The number of ether oxygens (including phenoxy) is 1. The smallest absolute Gasteiger partial charge is 0.338 e. The molecule has 1 N–H and O–H groups in total. The van der Waals surface area contributed by atoms with Gasteiger partial charge in [-0.3, -0.25) is 4.79 Å². The van der Waals surface area contributed by atoms with Crippen LogP contribution in [0.25, 0.3) is 0 Å². The highest BCUT2D eigenvalue weighted by atomic mass is 32.2. The Hall–Kier alpha value is -2.65. The van der Waals surface area contributed by atoms with E-state index < -0.39 is 22.0 Å². The van der Waals surface area contributed by atoms with Crippen molar-refractivity contribution >= 4 is 21.9 Å². The van der Waals surface area contributed by atoms with Gasteiger partial charge in [0.25, 0.3) is 0 Å². The fourth-order valence-electron chi connectivity index (χ4n) is 3.11. The Morgan fingerprint density at radius 3 is 2.64 bits per heavy atom. The first-order chi connectivity index (χ1) is 13.4. The predicted molar refractivity (Wildman–Crippen MR) is 99.9 cm³/mol. The van der Waals surface area contributed by atoms with Crippen molar-refractivity contribution in [3.05, 3.63) is 54.0 Å². The maximum Gasteiger partial charge on any atom is 0.338 e. The fraction of sp³-hybridized carbons (Fsp3) is 0.368. The molecule has 28 heavy (non-hydrogen) atoms. The first kappa shape index (κ1) is 20.1. The number of amides is 1. The zero-order chi connectivity index (χ0) is 20.1. The van der Waals surface area contributed by atoms with Crippen LogP contribution in [0, 0.1) is 0 Å². The van der Waals surface area contributed by atoms with Gasteiger partial charge in [0.15, 0.2) is 0 Å². The number of nitrogens with one attached hydrogen (secondary N) is 1. The Morgan fingerprint density at radius 1 is 1.25 bits per heavy atom. The molecule has 0 saturated carbocycles. The zero-order valence-corrected chi connectivity index (χ0v) is 16.3. The number of nitrogens with zero attached hydrogens (tertiary/aromatic N) is 1. The normalized spacial score (nSPS) is 17.4. The number of hydrogen-bond donors (Lipinski definition) is 1. The molecule has 1 aromatic heterocycles. The number of hydrogen-bond acceptors (Lipinski definition) is 6. The quantitative estimate of drug-likeness (QED) is 0.704. The third-order valence-electron chi connectivity index (χ3n) is 4.50. The van der Waals surface area contributed by atoms with Gasteiger partial charge in [-0.05, 0) is 56.2 Å². The summed E-state index contributed by atoms with van der Waals surface area (Å²) in [4.78, 5) is 24.3. The lowest BCUT2D eigenvalue weighted by Gasteiger charge is -2.23. The van der Waals surface area contributed by atoms with E-state index in [-0.39, 0.29) is 36.1 Å². The van der Waals surface area contributed by atoms with Crippen LogP contribution in [0.5, 0.6) is 0 Å². The molecule has 0 radical (unpaired) electrons. The Labute approximate surface area is 163 Å². The van der Waals surface area contributed by atoms with E-state index in [1.165, 1.54) is 34.8 Å². The third-order valence-corrected chi connectivity index (χ3v) is 6.42. The number of esters is 1. The summed E-state index contributed by atoms with van der Waals surface area (Å²) in [5, 5.41) is 2.72. The minimum Gasteiger partial charge on any atom is -0.467 e. The monoisotopic (exact) mass is 406 g/mol. The molecule has 1 saturated heterocycles. The van der Waals surface area contributed by atoms with Crippen LogP contribution < -0.4 is 5.32 Å². The van der Waals surface area contributed by atoms with Gasteiger partial charge in [-0.25, -0.2) is 13.2 Å². The van der Waals surface area contributed by atoms with Crippen molar-refractivity contribution in [2.45, 2.75) is 37.2 Å². The minimum atomic E-state index is -3.86. The lowest BCUT2D eigenvalue weighted by molar-refractivity contribution is -0.124. The van der Waals surface area contributed by atoms with Crippen LogP contribution in [0.15, 0.2) is 52.0 Å². The minimum absolute atomic E-state index is 0.0336. The molecule has 1 aliphatic heterocycles. The van der Waals surface area contributed by atoms with E-state index in [0.717, 1.165) is 0 Å². The van der Waals surface area contributed by atoms with Crippen LogP contribution in [0.3, 0.4) is 0 Å². The fourth-order valence-corrected chi connectivity index (χ4v) is 4.76. The molecule has 1 amide bonds. The van der Waals surface area contributed by atoms with Crippen molar-refractivity contribution in [2.24, 2.45) is 0 Å². The largest absolute Gasteiger partial charge is 0.467 e. The SMILES string of the molecule is CCOC(=O)c1ccc(S(=O)(=O)N2CCC[C@H]2C(=O)NCc2ccco2)cc1. The van der Waals surface area contributed by atoms with E-state index >= 15 is 0 Å². The van der Waals surface area contributed by atoms with Crippen LogP contribution in [0.1, 0.15) is 35.9 Å². The summed E-state index contributed by atoms with van der Waals surface area (Å²) >= 11 is 0. The molecule has 1 aromatic carbocycles. The Morgan fingerprint density at radius 2 is 2.00 bits per heavy atom. The van der Waals surface area contributed by atoms with Gasteiger partial charge in [0, 0.05) is 6.54 Å². The number of carbonyl (C=O) groups excluding carboxylic acids is 2. The average molecular weight is 406 g/mol. The summed E-state index contributed by atoms with van der Waals surface area (Å²) < 4.78 is 37.3. The number of rotatable bonds is 7. The Balaban J connectivity index is 1.72. The number of furan rings is 1. The second-order valence-corrected chi connectivity index (χ2v) is 8.21. The number of benzene rings is 1. The van der Waals surface area contributed by atoms with Crippen LogP contribution in [0.4, 0.5) is 0 Å². The van der Waals surface area contributed by atoms with E-state index in [1.54, 1.807) is 19.1 Å². The second-order valence-electron chi connectivity index (χ2n) is 6.32. The molecule has 2 heterocycles. The summed E-state index contributed by atoms with van der Waals surface area (Å²) in [7, 11) is -3.86. The molecule has 0 spiro atoms. The van der Waals surface area contributed by atoms with Gasteiger partial charge < -0.3 is 14.5 Å². The summed E-state index contributed by atoms with van der Waals surface area (Å²) in [6.07, 6.45) is 2.55. The molecule has 1 fully saturated rings. The molecule has 9 heteroatoms. The molecule has 1 aliphatic rings. The summed E-state index contributed by atoms with van der Waals surface area (Å²) in [5.41, 5.74) is 0.273. The van der Waals surface area contributed by atoms with Crippen molar-refractivity contribution in [2.75, 3.05) is 13.2 Å². The van der Waals surface area contributed by atoms with Crippen LogP contribution in [-0.2, 0) is 26.1 Å². The number of carbonyl (C=O) groups is 2. The maximum absolute atomic E-state index is 13.0. The maximum atomic E-state index is 13.0. The molecular formula is C19H22N2O6S. The van der Waals surface area contributed by atoms with Crippen molar-refractivity contribution in [3.63, 3.8) is 0 Å². The average Bonchev–Trinajstić information content (AvgIpc) is 3.38. The van der Waals surface area contributed by atoms with Gasteiger partial charge in [0.05, 0.1) is 29.9 Å². The summed E-state index contributed by atoms with van der Waals surface area (Å²) in [6.45, 7) is 2.40. The predicted octanol–water partition coefficient (Wildman–Crippen LogP) is 1.93. The molecule has 0 aliphatic carbocycles. The first-order valence-electron chi connectivity index (χ1n) is 9.02. The van der Waals surface area contributed by atoms with Gasteiger partial charge in [-0.15, -0.1) is 0 Å². The highest BCUT2D eigenvalue weighted by molar-refractivity contribution is 7.89. The molecule has 150 valence electrons. The van der Waals surface area contributed by atoms with Gasteiger partial charge in [0.2, 0.25) is 15.9 Å². The van der Waals surface area contributed by atoms with Crippen LogP contribution in [0.2, 0.25) is 0 Å². The standard InChI is InChI=1S/C19H22N2O6S/c1-2-26-19(23)14-7-9-16(10-8-14)28(24,25)21-11-3-6-17(21)18(22)20-13-15-5-4-12-27-15/h4-5,7-10,12,17H,2-3,6,11,13H2,1H3,(H,20,22)/t17-/m0/s1. The highest BCUT2D eigenvalue weighted by Crippen LogP contribution is 2.26. The highest BCUT2D eigenvalue weighted by Gasteiger charge is 2.39. The lowest BCUT2D eigenvalue weighted by atomic mass is 10.2. The van der Waals surface area contributed by atoms with Crippen molar-refractivity contribution in [1.82, 2.24) is 9.62 Å².